The molecule has 0 bridgehead atoms. The molecule has 4 heterocycles. The summed E-state index contributed by atoms with van der Waals surface area (Å²) in [5.41, 5.74) is 2.48. The van der Waals surface area contributed by atoms with Crippen molar-refractivity contribution in [1.82, 2.24) is 19.5 Å². The van der Waals surface area contributed by atoms with Gasteiger partial charge in [0.1, 0.15) is 0 Å². The van der Waals surface area contributed by atoms with Gasteiger partial charge in [-0.25, -0.2) is 4.98 Å². The third kappa shape index (κ3) is 3.41. The first-order valence-corrected chi connectivity index (χ1v) is 11.6. The molecule has 2 fully saturated rings. The highest BCUT2D eigenvalue weighted by Gasteiger charge is 2.42. The van der Waals surface area contributed by atoms with Crippen molar-refractivity contribution in [1.29, 1.82) is 0 Å². The Labute approximate surface area is 180 Å². The molecule has 8 heteroatoms. The van der Waals surface area contributed by atoms with Gasteiger partial charge in [0.05, 0.1) is 24.1 Å². The maximum absolute atomic E-state index is 11.1. The lowest BCUT2D eigenvalue weighted by atomic mass is 9.96. The molecule has 30 heavy (non-hydrogen) atoms. The molecule has 1 spiro atoms. The van der Waals surface area contributed by atoms with Crippen LogP contribution in [0.3, 0.4) is 0 Å². The minimum Gasteiger partial charge on any atom is -0.492 e. The number of likely N-dealkylation sites (tertiary alicyclic amines) is 1. The number of hydrogen-bond acceptors (Lipinski definition) is 7. The number of aromatic hydroxyl groups is 1. The number of aryl methyl sites for hydroxylation is 2. The predicted octanol–water partition coefficient (Wildman–Crippen LogP) is 3.55. The minimum absolute atomic E-state index is 0.0479. The first kappa shape index (κ1) is 19.9. The van der Waals surface area contributed by atoms with Crippen molar-refractivity contribution < 1.29 is 14.6 Å². The summed E-state index contributed by atoms with van der Waals surface area (Å²) in [6, 6.07) is 8.68. The summed E-state index contributed by atoms with van der Waals surface area (Å²) in [5, 5.41) is 15.5. The van der Waals surface area contributed by atoms with Crippen molar-refractivity contribution in [3.8, 4) is 5.88 Å². The Morgan fingerprint density at radius 2 is 1.80 bits per heavy atom. The van der Waals surface area contributed by atoms with E-state index in [9.17, 15) is 5.11 Å². The average Bonchev–Trinajstić information content (AvgIpc) is 3.48. The highest BCUT2D eigenvalue weighted by Crippen LogP contribution is 2.43. The monoisotopic (exact) mass is 428 g/mol. The number of piperidine rings is 1. The van der Waals surface area contributed by atoms with Crippen LogP contribution in [-0.4, -0.2) is 56.7 Å². The summed E-state index contributed by atoms with van der Waals surface area (Å²) < 4.78 is 13.4. The molecule has 7 nitrogen and oxygen atoms in total. The highest BCUT2D eigenvalue weighted by molar-refractivity contribution is 7.17. The first-order valence-electron chi connectivity index (χ1n) is 10.8. The molecule has 1 atom stereocenters. The van der Waals surface area contributed by atoms with Crippen molar-refractivity contribution in [2.45, 2.75) is 51.4 Å². The molecule has 0 amide bonds. The normalized spacial score (nSPS) is 20.3. The van der Waals surface area contributed by atoms with Crippen LogP contribution in [0.15, 0.2) is 24.3 Å². The average molecular weight is 429 g/mol. The number of fused-ring (bicyclic) bond motifs is 1. The first-order chi connectivity index (χ1) is 14.6. The number of ether oxygens (including phenoxy) is 2. The zero-order chi connectivity index (χ0) is 20.7. The summed E-state index contributed by atoms with van der Waals surface area (Å²) in [6.07, 6.45) is 3.42. The molecule has 3 aromatic rings. The quantitative estimate of drug-likeness (QED) is 0.670. The number of aromatic nitrogens is 3. The zero-order valence-electron chi connectivity index (χ0n) is 17.5. The van der Waals surface area contributed by atoms with E-state index < -0.39 is 5.79 Å². The van der Waals surface area contributed by atoms with Crippen molar-refractivity contribution >= 4 is 16.3 Å². The van der Waals surface area contributed by atoms with Gasteiger partial charge in [0.25, 0.3) is 0 Å². The number of rotatable bonds is 5. The van der Waals surface area contributed by atoms with Crippen LogP contribution in [0.2, 0.25) is 0 Å². The van der Waals surface area contributed by atoms with Gasteiger partial charge in [0.2, 0.25) is 10.8 Å². The largest absolute Gasteiger partial charge is 0.492 e. The molecule has 0 aliphatic carbocycles. The van der Waals surface area contributed by atoms with Crippen molar-refractivity contribution in [3.63, 3.8) is 0 Å². The number of thiazole rings is 1. The van der Waals surface area contributed by atoms with E-state index in [1.165, 1.54) is 22.5 Å². The fraction of sp³-hybridized carbons (Fsp3) is 0.545. The Hall–Kier alpha value is -2.00. The van der Waals surface area contributed by atoms with Gasteiger partial charge >= 0.3 is 0 Å². The van der Waals surface area contributed by atoms with E-state index >= 15 is 0 Å². The molecule has 2 aromatic heterocycles. The van der Waals surface area contributed by atoms with Crippen molar-refractivity contribution in [3.05, 3.63) is 46.1 Å². The molecular weight excluding hydrogens is 400 g/mol. The molecule has 5 rings (SSSR count). The Morgan fingerprint density at radius 1 is 1.10 bits per heavy atom. The van der Waals surface area contributed by atoms with Gasteiger partial charge in [0.15, 0.2) is 11.6 Å². The van der Waals surface area contributed by atoms with Gasteiger partial charge in [-0.1, -0.05) is 49.4 Å². The Balaban J connectivity index is 1.51. The third-order valence-electron chi connectivity index (χ3n) is 6.25. The van der Waals surface area contributed by atoms with E-state index in [2.05, 4.69) is 46.2 Å². The van der Waals surface area contributed by atoms with Crippen molar-refractivity contribution in [2.75, 3.05) is 26.3 Å². The second-order valence-corrected chi connectivity index (χ2v) is 9.02. The van der Waals surface area contributed by atoms with Crippen LogP contribution in [0.4, 0.5) is 0 Å². The molecule has 2 saturated heterocycles. The smallest absolute Gasteiger partial charge is 0.230 e. The molecule has 1 N–H and O–H groups in total. The molecule has 0 unspecified atom stereocenters. The number of benzene rings is 1. The van der Waals surface area contributed by atoms with Crippen LogP contribution in [0, 0.1) is 0 Å². The third-order valence-corrected chi connectivity index (χ3v) is 7.32. The van der Waals surface area contributed by atoms with Gasteiger partial charge in [-0.15, -0.1) is 5.10 Å². The standard InChI is InChI=1S/C22H28N4O3S/c1-3-15-5-7-16(8-6-15)18(25-11-9-22(10-12-25)28-13-14-29-22)19-20(27)26-21(30-19)23-17(4-2)24-26/h5-8,18,27H,3-4,9-14H2,1-2H3/t18-/m1/s1. The van der Waals surface area contributed by atoms with E-state index in [-0.39, 0.29) is 11.9 Å². The highest BCUT2D eigenvalue weighted by atomic mass is 32.1. The second-order valence-electron chi connectivity index (χ2n) is 8.01. The Kier molecular flexibility index (Phi) is 5.26. The van der Waals surface area contributed by atoms with Crippen LogP contribution in [0.25, 0.3) is 4.96 Å². The summed E-state index contributed by atoms with van der Waals surface area (Å²) in [7, 11) is 0. The van der Waals surface area contributed by atoms with E-state index in [0.717, 1.165) is 54.4 Å². The van der Waals surface area contributed by atoms with Crippen LogP contribution < -0.4 is 0 Å². The minimum atomic E-state index is -0.420. The molecule has 160 valence electrons. The topological polar surface area (TPSA) is 72.1 Å². The van der Waals surface area contributed by atoms with E-state index in [1.807, 2.05) is 6.92 Å². The van der Waals surface area contributed by atoms with Gasteiger partial charge in [-0.05, 0) is 17.5 Å². The van der Waals surface area contributed by atoms with Crippen LogP contribution in [0.5, 0.6) is 5.88 Å². The molecule has 0 radical (unpaired) electrons. The van der Waals surface area contributed by atoms with E-state index in [0.29, 0.717) is 13.2 Å². The molecule has 1 aromatic carbocycles. The van der Waals surface area contributed by atoms with Gasteiger partial charge in [-0.2, -0.15) is 4.52 Å². The lowest BCUT2D eigenvalue weighted by Gasteiger charge is -2.41. The van der Waals surface area contributed by atoms with E-state index in [4.69, 9.17) is 9.47 Å². The molecular formula is C22H28N4O3S. The number of nitrogens with zero attached hydrogens (tertiary/aromatic N) is 4. The summed E-state index contributed by atoms with van der Waals surface area (Å²) >= 11 is 1.53. The predicted molar refractivity (Wildman–Crippen MR) is 115 cm³/mol. The SMILES string of the molecule is CCc1ccc([C@H](c2sc3nc(CC)nn3c2O)N2CCC3(CC2)OCCO3)cc1. The van der Waals surface area contributed by atoms with Crippen LogP contribution >= 0.6 is 11.3 Å². The molecule has 2 aliphatic heterocycles. The second kappa shape index (κ2) is 7.92. The summed E-state index contributed by atoms with van der Waals surface area (Å²) in [5.74, 6) is 0.527. The summed E-state index contributed by atoms with van der Waals surface area (Å²) in [6.45, 7) is 7.22. The van der Waals surface area contributed by atoms with Crippen LogP contribution in [-0.2, 0) is 22.3 Å². The van der Waals surface area contributed by atoms with E-state index in [1.54, 1.807) is 4.52 Å². The van der Waals surface area contributed by atoms with Crippen LogP contribution in [0.1, 0.15) is 54.6 Å². The fourth-order valence-corrected chi connectivity index (χ4v) is 5.63. The zero-order valence-corrected chi connectivity index (χ0v) is 18.3. The Morgan fingerprint density at radius 3 is 2.40 bits per heavy atom. The van der Waals surface area contributed by atoms with Gasteiger partial charge in [0, 0.05) is 32.4 Å². The maximum atomic E-state index is 11.1. The Bertz CT molecular complexity index is 1010. The lowest BCUT2D eigenvalue weighted by Crippen LogP contribution is -2.46. The lowest BCUT2D eigenvalue weighted by molar-refractivity contribution is -0.187. The van der Waals surface area contributed by atoms with Gasteiger partial charge < -0.3 is 14.6 Å². The van der Waals surface area contributed by atoms with Gasteiger partial charge in [-0.3, -0.25) is 4.90 Å². The summed E-state index contributed by atoms with van der Waals surface area (Å²) in [4.78, 5) is 8.62. The van der Waals surface area contributed by atoms with Crippen molar-refractivity contribution in [2.24, 2.45) is 0 Å². The molecule has 0 saturated carbocycles. The maximum Gasteiger partial charge on any atom is 0.230 e. The number of hydrogen-bond donors (Lipinski definition) is 1. The molecule has 2 aliphatic rings. The fourth-order valence-electron chi connectivity index (χ4n) is 4.49.